The van der Waals surface area contributed by atoms with Gasteiger partial charge in [0.05, 0.1) is 22.9 Å². The van der Waals surface area contributed by atoms with Crippen molar-refractivity contribution < 1.29 is 14.3 Å². The van der Waals surface area contributed by atoms with Gasteiger partial charge in [0.1, 0.15) is 12.0 Å². The van der Waals surface area contributed by atoms with Gasteiger partial charge in [-0.1, -0.05) is 23.2 Å². The average Bonchev–Trinajstić information content (AvgIpc) is 3.12. The van der Waals surface area contributed by atoms with Crippen molar-refractivity contribution in [2.24, 2.45) is 0 Å². The SMILES string of the molecule is CC1NC(=O)C(c2cc(-n3cc(Cl)cn3)ccc2Cl)C1OC(=O)N(C)C. The minimum Gasteiger partial charge on any atom is -0.443 e. The number of benzene rings is 1. The first-order valence-corrected chi connectivity index (χ1v) is 8.72. The molecule has 138 valence electrons. The number of aromatic nitrogens is 2. The van der Waals surface area contributed by atoms with E-state index in [2.05, 4.69) is 10.4 Å². The van der Waals surface area contributed by atoms with Gasteiger partial charge < -0.3 is 15.0 Å². The number of carbonyl (C=O) groups is 2. The molecule has 0 radical (unpaired) electrons. The predicted octanol–water partition coefficient (Wildman–Crippen LogP) is 2.85. The number of halogens is 2. The van der Waals surface area contributed by atoms with Crippen LogP contribution in [0.15, 0.2) is 30.6 Å². The van der Waals surface area contributed by atoms with Gasteiger partial charge in [0.15, 0.2) is 0 Å². The molecular weight excluding hydrogens is 379 g/mol. The Kier molecular flexibility index (Phi) is 5.11. The zero-order chi connectivity index (χ0) is 19.0. The van der Waals surface area contributed by atoms with E-state index in [9.17, 15) is 9.59 Å². The molecule has 2 heterocycles. The van der Waals surface area contributed by atoms with Crippen LogP contribution in [0.4, 0.5) is 4.79 Å². The lowest BCUT2D eigenvalue weighted by molar-refractivity contribution is -0.121. The third-order valence-corrected chi connectivity index (χ3v) is 4.75. The molecule has 1 aromatic heterocycles. The minimum atomic E-state index is -0.715. The van der Waals surface area contributed by atoms with Crippen molar-refractivity contribution in [3.05, 3.63) is 46.2 Å². The Labute approximate surface area is 160 Å². The van der Waals surface area contributed by atoms with Crippen molar-refractivity contribution in [3.63, 3.8) is 0 Å². The maximum Gasteiger partial charge on any atom is 0.409 e. The van der Waals surface area contributed by atoms with Crippen LogP contribution in [0.1, 0.15) is 18.4 Å². The van der Waals surface area contributed by atoms with E-state index >= 15 is 0 Å². The first-order chi connectivity index (χ1) is 12.3. The van der Waals surface area contributed by atoms with Crippen LogP contribution in [-0.4, -0.2) is 52.9 Å². The van der Waals surface area contributed by atoms with Crippen molar-refractivity contribution in [2.45, 2.75) is 25.0 Å². The molecule has 7 nitrogen and oxygen atoms in total. The van der Waals surface area contributed by atoms with Crippen LogP contribution in [0.3, 0.4) is 0 Å². The molecule has 1 N–H and O–H groups in total. The van der Waals surface area contributed by atoms with Crippen molar-refractivity contribution in [1.82, 2.24) is 20.0 Å². The van der Waals surface area contributed by atoms with Crippen LogP contribution >= 0.6 is 23.2 Å². The minimum absolute atomic E-state index is 0.244. The summed E-state index contributed by atoms with van der Waals surface area (Å²) in [5.41, 5.74) is 1.26. The molecule has 1 saturated heterocycles. The zero-order valence-corrected chi connectivity index (χ0v) is 16.0. The van der Waals surface area contributed by atoms with Gasteiger partial charge in [-0.15, -0.1) is 0 Å². The predicted molar refractivity (Wildman–Crippen MR) is 97.9 cm³/mol. The Morgan fingerprint density at radius 1 is 1.35 bits per heavy atom. The van der Waals surface area contributed by atoms with Crippen LogP contribution in [0.5, 0.6) is 0 Å². The van der Waals surface area contributed by atoms with Gasteiger partial charge in [-0.2, -0.15) is 5.10 Å². The van der Waals surface area contributed by atoms with E-state index < -0.39 is 18.1 Å². The Bertz CT molecular complexity index is 852. The van der Waals surface area contributed by atoms with Gasteiger partial charge in [-0.05, 0) is 30.7 Å². The molecule has 1 fully saturated rings. The number of carbonyl (C=O) groups excluding carboxylic acids is 2. The Balaban J connectivity index is 1.99. The van der Waals surface area contributed by atoms with E-state index in [0.717, 1.165) is 0 Å². The summed E-state index contributed by atoms with van der Waals surface area (Å²) in [4.78, 5) is 25.9. The summed E-state index contributed by atoms with van der Waals surface area (Å²) in [5.74, 6) is -0.959. The van der Waals surface area contributed by atoms with Crippen LogP contribution in [0.2, 0.25) is 10.0 Å². The van der Waals surface area contributed by atoms with Crippen LogP contribution in [0.25, 0.3) is 5.69 Å². The zero-order valence-electron chi connectivity index (χ0n) is 14.4. The standard InChI is InChI=1S/C17H18Cl2N4O3/c1-9-15(26-17(25)22(2)3)14(16(24)21-9)12-6-11(4-5-13(12)19)23-8-10(18)7-20-23/h4-9,14-15H,1-3H3,(H,21,24). The Hall–Kier alpha value is -2.25. The summed E-state index contributed by atoms with van der Waals surface area (Å²) >= 11 is 12.3. The monoisotopic (exact) mass is 396 g/mol. The molecule has 0 aliphatic carbocycles. The Morgan fingerprint density at radius 3 is 2.69 bits per heavy atom. The second-order valence-electron chi connectivity index (χ2n) is 6.33. The first kappa shape index (κ1) is 18.5. The highest BCUT2D eigenvalue weighted by Gasteiger charge is 2.45. The molecule has 3 rings (SSSR count). The van der Waals surface area contributed by atoms with Gasteiger partial charge in [-0.25, -0.2) is 9.48 Å². The fraction of sp³-hybridized carbons (Fsp3) is 0.353. The number of rotatable bonds is 3. The molecule has 2 amide bonds. The second kappa shape index (κ2) is 7.17. The Morgan fingerprint density at radius 2 is 2.08 bits per heavy atom. The summed E-state index contributed by atoms with van der Waals surface area (Å²) in [7, 11) is 3.17. The molecule has 3 atom stereocenters. The summed E-state index contributed by atoms with van der Waals surface area (Å²) in [5, 5.41) is 7.87. The van der Waals surface area contributed by atoms with E-state index in [0.29, 0.717) is 21.3 Å². The van der Waals surface area contributed by atoms with Crippen molar-refractivity contribution in [2.75, 3.05) is 14.1 Å². The van der Waals surface area contributed by atoms with E-state index in [1.165, 1.54) is 11.1 Å². The maximum atomic E-state index is 12.5. The third-order valence-electron chi connectivity index (χ3n) is 4.21. The lowest BCUT2D eigenvalue weighted by Crippen LogP contribution is -2.36. The molecule has 26 heavy (non-hydrogen) atoms. The molecule has 1 aliphatic heterocycles. The largest absolute Gasteiger partial charge is 0.443 e. The van der Waals surface area contributed by atoms with E-state index in [1.807, 2.05) is 0 Å². The normalized spacial score (nSPS) is 22.2. The van der Waals surface area contributed by atoms with Gasteiger partial charge in [0, 0.05) is 25.3 Å². The molecule has 0 bridgehead atoms. The van der Waals surface area contributed by atoms with E-state index in [-0.39, 0.29) is 11.9 Å². The van der Waals surface area contributed by atoms with Crippen LogP contribution < -0.4 is 5.32 Å². The summed E-state index contributed by atoms with van der Waals surface area (Å²) < 4.78 is 7.11. The number of hydrogen-bond donors (Lipinski definition) is 1. The molecule has 9 heteroatoms. The van der Waals surface area contributed by atoms with Crippen LogP contribution in [-0.2, 0) is 9.53 Å². The first-order valence-electron chi connectivity index (χ1n) is 7.96. The number of nitrogens with one attached hydrogen (secondary N) is 1. The third kappa shape index (κ3) is 3.50. The summed E-state index contributed by atoms with van der Waals surface area (Å²) in [6.45, 7) is 1.79. The molecule has 0 saturated carbocycles. The molecular formula is C17H18Cl2N4O3. The fourth-order valence-corrected chi connectivity index (χ4v) is 3.27. The van der Waals surface area contributed by atoms with Crippen molar-refractivity contribution in [1.29, 1.82) is 0 Å². The molecule has 1 aliphatic rings. The highest BCUT2D eigenvalue weighted by atomic mass is 35.5. The topological polar surface area (TPSA) is 76.5 Å². The van der Waals surface area contributed by atoms with Gasteiger partial charge in [0.25, 0.3) is 0 Å². The molecule has 0 spiro atoms. The number of hydrogen-bond acceptors (Lipinski definition) is 4. The molecule has 3 unspecified atom stereocenters. The summed E-state index contributed by atoms with van der Waals surface area (Å²) in [6.07, 6.45) is 1.97. The lowest BCUT2D eigenvalue weighted by Gasteiger charge is -2.23. The van der Waals surface area contributed by atoms with Crippen molar-refractivity contribution in [3.8, 4) is 5.69 Å². The quantitative estimate of drug-likeness (QED) is 0.864. The average molecular weight is 397 g/mol. The smallest absolute Gasteiger partial charge is 0.409 e. The lowest BCUT2D eigenvalue weighted by atomic mass is 9.92. The summed E-state index contributed by atoms with van der Waals surface area (Å²) in [6, 6.07) is 4.87. The van der Waals surface area contributed by atoms with Gasteiger partial charge >= 0.3 is 6.09 Å². The van der Waals surface area contributed by atoms with Crippen molar-refractivity contribution >= 4 is 35.2 Å². The van der Waals surface area contributed by atoms with Gasteiger partial charge in [-0.3, -0.25) is 4.79 Å². The second-order valence-corrected chi connectivity index (χ2v) is 7.17. The van der Waals surface area contributed by atoms with Gasteiger partial charge in [0.2, 0.25) is 5.91 Å². The fourth-order valence-electron chi connectivity index (χ4n) is 2.90. The number of nitrogens with zero attached hydrogens (tertiary/aromatic N) is 3. The number of amides is 2. The highest BCUT2D eigenvalue weighted by Crippen LogP contribution is 2.35. The maximum absolute atomic E-state index is 12.5. The highest BCUT2D eigenvalue weighted by molar-refractivity contribution is 6.31. The number of ether oxygens (including phenoxy) is 1. The van der Waals surface area contributed by atoms with E-state index in [4.69, 9.17) is 27.9 Å². The van der Waals surface area contributed by atoms with Crippen LogP contribution in [0, 0.1) is 0 Å². The molecule has 2 aromatic rings. The van der Waals surface area contributed by atoms with E-state index in [1.54, 1.807) is 50.1 Å². The molecule has 1 aromatic carbocycles.